The highest BCUT2D eigenvalue weighted by atomic mass is 16.5. The van der Waals surface area contributed by atoms with Gasteiger partial charge in [-0.05, 0) is 41.8 Å². The number of benzene rings is 2. The van der Waals surface area contributed by atoms with Crippen LogP contribution in [-0.4, -0.2) is 65.4 Å². The third-order valence-electron chi connectivity index (χ3n) is 5.54. The van der Waals surface area contributed by atoms with E-state index in [1.54, 1.807) is 14.2 Å². The summed E-state index contributed by atoms with van der Waals surface area (Å²) in [4.78, 5) is 8.97. The van der Waals surface area contributed by atoms with E-state index in [2.05, 4.69) is 75.9 Å². The molecule has 7 heteroatoms. The van der Waals surface area contributed by atoms with Gasteiger partial charge in [0.2, 0.25) is 0 Å². The summed E-state index contributed by atoms with van der Waals surface area (Å²) in [6.07, 6.45) is 1.08. The molecule has 1 heterocycles. The van der Waals surface area contributed by atoms with Gasteiger partial charge < -0.3 is 25.0 Å². The lowest BCUT2D eigenvalue weighted by Crippen LogP contribution is -2.44. The summed E-state index contributed by atoms with van der Waals surface area (Å²) in [7, 11) is 9.30. The molecular weight excluding hydrogens is 390 g/mol. The Morgan fingerprint density at radius 2 is 1.84 bits per heavy atom. The van der Waals surface area contributed by atoms with E-state index >= 15 is 0 Å². The SMILES string of the molecule is CN=C(NCc1cccc(N(C)C)c1)NC1CCN(Cc2cc(OC)cc(OC)c2)C1. The number of nitrogens with zero attached hydrogens (tertiary/aromatic N) is 3. The third-order valence-corrected chi connectivity index (χ3v) is 5.54. The quantitative estimate of drug-likeness (QED) is 0.501. The van der Waals surface area contributed by atoms with E-state index in [0.29, 0.717) is 6.04 Å². The van der Waals surface area contributed by atoms with Gasteiger partial charge in [0, 0.05) is 65.1 Å². The predicted octanol–water partition coefficient (Wildman–Crippen LogP) is 2.71. The summed E-state index contributed by atoms with van der Waals surface area (Å²) in [6, 6.07) is 14.9. The van der Waals surface area contributed by atoms with Gasteiger partial charge in [-0.25, -0.2) is 0 Å². The van der Waals surface area contributed by atoms with Crippen LogP contribution in [0.2, 0.25) is 0 Å². The van der Waals surface area contributed by atoms with E-state index < -0.39 is 0 Å². The van der Waals surface area contributed by atoms with Crippen LogP contribution in [0.1, 0.15) is 17.5 Å². The monoisotopic (exact) mass is 425 g/mol. The number of nitrogens with one attached hydrogen (secondary N) is 2. The van der Waals surface area contributed by atoms with Crippen LogP contribution < -0.4 is 25.0 Å². The van der Waals surface area contributed by atoms with Crippen LogP contribution in [0.4, 0.5) is 5.69 Å². The summed E-state index contributed by atoms with van der Waals surface area (Å²) in [5.74, 6) is 2.49. The number of aliphatic imine (C=N–C) groups is 1. The molecule has 0 radical (unpaired) electrons. The molecule has 1 aliphatic rings. The lowest BCUT2D eigenvalue weighted by atomic mass is 10.2. The molecule has 3 rings (SSSR count). The molecule has 168 valence electrons. The van der Waals surface area contributed by atoms with E-state index in [1.807, 2.05) is 13.1 Å². The van der Waals surface area contributed by atoms with E-state index in [1.165, 1.54) is 16.8 Å². The van der Waals surface area contributed by atoms with E-state index in [0.717, 1.165) is 50.1 Å². The van der Waals surface area contributed by atoms with Gasteiger partial charge in [0.25, 0.3) is 0 Å². The highest BCUT2D eigenvalue weighted by molar-refractivity contribution is 5.80. The molecule has 2 N–H and O–H groups in total. The first-order valence-electron chi connectivity index (χ1n) is 10.7. The maximum absolute atomic E-state index is 5.40. The molecule has 1 unspecified atom stereocenters. The second kappa shape index (κ2) is 10.9. The van der Waals surface area contributed by atoms with Crippen molar-refractivity contribution in [2.75, 3.05) is 53.4 Å². The van der Waals surface area contributed by atoms with E-state index in [9.17, 15) is 0 Å². The van der Waals surface area contributed by atoms with Gasteiger partial charge >= 0.3 is 0 Å². The molecule has 1 saturated heterocycles. The standard InChI is InChI=1S/C24H35N5O2/c1-25-24(26-15-18-7-6-8-21(11-18)28(2)3)27-20-9-10-29(17-20)16-19-12-22(30-4)14-23(13-19)31-5/h6-8,11-14,20H,9-10,15-17H2,1-5H3,(H2,25,26,27). The van der Waals surface area contributed by atoms with Crippen molar-refractivity contribution >= 4 is 11.6 Å². The lowest BCUT2D eigenvalue weighted by molar-refractivity contribution is 0.321. The van der Waals surface area contributed by atoms with Crippen molar-refractivity contribution in [3.8, 4) is 11.5 Å². The number of likely N-dealkylation sites (tertiary alicyclic amines) is 1. The van der Waals surface area contributed by atoms with Gasteiger partial charge in [-0.3, -0.25) is 9.89 Å². The van der Waals surface area contributed by atoms with Crippen molar-refractivity contribution in [1.82, 2.24) is 15.5 Å². The molecule has 0 saturated carbocycles. The Labute approximate surface area is 186 Å². The number of hydrogen-bond donors (Lipinski definition) is 2. The smallest absolute Gasteiger partial charge is 0.191 e. The Morgan fingerprint density at radius 1 is 1.10 bits per heavy atom. The van der Waals surface area contributed by atoms with Crippen LogP contribution in [0.5, 0.6) is 11.5 Å². The van der Waals surface area contributed by atoms with Crippen LogP contribution in [0.15, 0.2) is 47.5 Å². The average Bonchev–Trinajstić information content (AvgIpc) is 3.22. The topological polar surface area (TPSA) is 61.4 Å². The Balaban J connectivity index is 1.51. The van der Waals surface area contributed by atoms with Crippen LogP contribution in [0, 0.1) is 0 Å². The van der Waals surface area contributed by atoms with Crippen molar-refractivity contribution in [1.29, 1.82) is 0 Å². The lowest BCUT2D eigenvalue weighted by Gasteiger charge is -2.20. The maximum Gasteiger partial charge on any atom is 0.191 e. The van der Waals surface area contributed by atoms with Crippen molar-refractivity contribution in [3.05, 3.63) is 53.6 Å². The Morgan fingerprint density at radius 3 is 2.48 bits per heavy atom. The maximum atomic E-state index is 5.40. The van der Waals surface area contributed by atoms with Crippen molar-refractivity contribution < 1.29 is 9.47 Å². The summed E-state index contributed by atoms with van der Waals surface area (Å²) >= 11 is 0. The minimum atomic E-state index is 0.367. The number of ether oxygens (including phenoxy) is 2. The molecular formula is C24H35N5O2. The Kier molecular flexibility index (Phi) is 8.00. The van der Waals surface area contributed by atoms with Crippen molar-refractivity contribution in [3.63, 3.8) is 0 Å². The first kappa shape index (κ1) is 22.7. The number of methoxy groups -OCH3 is 2. The molecule has 0 aromatic heterocycles. The molecule has 0 aliphatic carbocycles. The van der Waals surface area contributed by atoms with Crippen molar-refractivity contribution in [2.24, 2.45) is 4.99 Å². The van der Waals surface area contributed by atoms with E-state index in [4.69, 9.17) is 9.47 Å². The minimum absolute atomic E-state index is 0.367. The molecule has 0 bridgehead atoms. The van der Waals surface area contributed by atoms with Crippen LogP contribution in [-0.2, 0) is 13.1 Å². The fourth-order valence-corrected chi connectivity index (χ4v) is 3.83. The van der Waals surface area contributed by atoms with Gasteiger partial charge in [-0.15, -0.1) is 0 Å². The number of rotatable bonds is 8. The van der Waals surface area contributed by atoms with E-state index in [-0.39, 0.29) is 0 Å². The molecule has 2 aromatic carbocycles. The van der Waals surface area contributed by atoms with Crippen LogP contribution in [0.25, 0.3) is 0 Å². The second-order valence-corrected chi connectivity index (χ2v) is 8.08. The molecule has 1 fully saturated rings. The largest absolute Gasteiger partial charge is 0.497 e. The minimum Gasteiger partial charge on any atom is -0.497 e. The normalized spacial score (nSPS) is 16.8. The third kappa shape index (κ3) is 6.52. The van der Waals surface area contributed by atoms with Crippen molar-refractivity contribution in [2.45, 2.75) is 25.6 Å². The Bertz CT molecular complexity index is 862. The number of anilines is 1. The zero-order valence-corrected chi connectivity index (χ0v) is 19.3. The fraction of sp³-hybridized carbons (Fsp3) is 0.458. The van der Waals surface area contributed by atoms with Gasteiger partial charge in [0.15, 0.2) is 5.96 Å². The fourth-order valence-electron chi connectivity index (χ4n) is 3.83. The Hall–Kier alpha value is -2.93. The molecule has 1 aliphatic heterocycles. The average molecular weight is 426 g/mol. The highest BCUT2D eigenvalue weighted by Crippen LogP contribution is 2.24. The van der Waals surface area contributed by atoms with Gasteiger partial charge in [-0.2, -0.15) is 0 Å². The van der Waals surface area contributed by atoms with Crippen LogP contribution >= 0.6 is 0 Å². The summed E-state index contributed by atoms with van der Waals surface area (Å²) in [6.45, 7) is 3.62. The van der Waals surface area contributed by atoms with Crippen LogP contribution in [0.3, 0.4) is 0 Å². The molecule has 31 heavy (non-hydrogen) atoms. The second-order valence-electron chi connectivity index (χ2n) is 8.08. The van der Waals surface area contributed by atoms with Gasteiger partial charge in [0.05, 0.1) is 14.2 Å². The van der Waals surface area contributed by atoms with Gasteiger partial charge in [-0.1, -0.05) is 12.1 Å². The molecule has 0 amide bonds. The molecule has 2 aromatic rings. The number of hydrogen-bond acceptors (Lipinski definition) is 5. The zero-order chi connectivity index (χ0) is 22.2. The zero-order valence-electron chi connectivity index (χ0n) is 19.3. The summed E-state index contributed by atoms with van der Waals surface area (Å²) < 4.78 is 10.8. The molecule has 7 nitrogen and oxygen atoms in total. The first-order chi connectivity index (χ1) is 15.0. The first-order valence-corrected chi connectivity index (χ1v) is 10.7. The molecule has 1 atom stereocenters. The number of guanidine groups is 1. The predicted molar refractivity (Wildman–Crippen MR) is 127 cm³/mol. The molecule has 0 spiro atoms. The van der Waals surface area contributed by atoms with Gasteiger partial charge in [0.1, 0.15) is 11.5 Å². The summed E-state index contributed by atoms with van der Waals surface area (Å²) in [5, 5.41) is 7.01. The summed E-state index contributed by atoms with van der Waals surface area (Å²) in [5.41, 5.74) is 3.62. The highest BCUT2D eigenvalue weighted by Gasteiger charge is 2.23.